The van der Waals surface area contributed by atoms with Crippen molar-refractivity contribution in [2.75, 3.05) is 0 Å². The van der Waals surface area contributed by atoms with E-state index in [0.29, 0.717) is 17.8 Å². The Labute approximate surface area is 120 Å². The van der Waals surface area contributed by atoms with E-state index in [-0.39, 0.29) is 21.8 Å². The average molecular weight is 302 g/mol. The van der Waals surface area contributed by atoms with Crippen LogP contribution in [-0.2, 0) is 4.79 Å². The number of benzene rings is 1. The zero-order valence-electron chi connectivity index (χ0n) is 11.5. The van der Waals surface area contributed by atoms with Gasteiger partial charge in [0.25, 0.3) is 0 Å². The normalized spacial score (nSPS) is 11.4. The molecule has 0 fully saturated rings. The second-order valence-corrected chi connectivity index (χ2v) is 6.34. The van der Waals surface area contributed by atoms with Crippen molar-refractivity contribution in [3.05, 3.63) is 29.3 Å². The number of carboxylic acids is 1. The molecule has 0 saturated heterocycles. The van der Waals surface area contributed by atoms with Crippen molar-refractivity contribution in [3.8, 4) is 0 Å². The van der Waals surface area contributed by atoms with E-state index >= 15 is 0 Å². The van der Waals surface area contributed by atoms with Crippen molar-refractivity contribution in [1.82, 2.24) is 0 Å². The molecule has 20 heavy (non-hydrogen) atoms. The Kier molecular flexibility index (Phi) is 5.28. The number of carbonyl (C=O) groups is 2. The first-order valence-electron chi connectivity index (χ1n) is 6.09. The monoisotopic (exact) mass is 302 g/mol. The lowest BCUT2D eigenvalue weighted by molar-refractivity contribution is -0.112. The summed E-state index contributed by atoms with van der Waals surface area (Å²) in [7, 11) is 0. The quantitative estimate of drug-likeness (QED) is 0.832. The number of aromatic carboxylic acids is 1. The third-order valence-electron chi connectivity index (χ3n) is 3.06. The number of rotatable bonds is 5. The predicted octanol–water partition coefficient (Wildman–Crippen LogP) is 4.11. The Morgan fingerprint density at radius 3 is 2.35 bits per heavy atom. The highest BCUT2D eigenvalue weighted by Crippen LogP contribution is 2.32. The van der Waals surface area contributed by atoms with Crippen molar-refractivity contribution >= 4 is 22.8 Å². The maximum atomic E-state index is 13.6. The molecule has 0 aliphatic carbocycles. The second-order valence-electron chi connectivity index (χ2n) is 5.24. The lowest BCUT2D eigenvalue weighted by Gasteiger charge is -2.20. The van der Waals surface area contributed by atoms with Gasteiger partial charge in [0.15, 0.2) is 5.12 Å². The molecule has 1 N–H and O–H groups in total. The molecule has 0 unspecified atom stereocenters. The van der Waals surface area contributed by atoms with Crippen LogP contribution in [0.3, 0.4) is 0 Å². The van der Waals surface area contributed by atoms with Crippen LogP contribution in [0.25, 0.3) is 0 Å². The van der Waals surface area contributed by atoms with Crippen LogP contribution >= 0.6 is 11.8 Å². The minimum atomic E-state index is -1.49. The summed E-state index contributed by atoms with van der Waals surface area (Å²) in [5.74, 6) is -3.58. The highest BCUT2D eigenvalue weighted by atomic mass is 32.2. The number of carbonyl (C=O) groups excluding carboxylic acids is 1. The summed E-state index contributed by atoms with van der Waals surface area (Å²) >= 11 is 0.609. The largest absolute Gasteiger partial charge is 0.478 e. The van der Waals surface area contributed by atoms with Gasteiger partial charge in [0, 0.05) is 12.5 Å². The smallest absolute Gasteiger partial charge is 0.338 e. The molecule has 0 bridgehead atoms. The molecular formula is C14H16F2O3S. The van der Waals surface area contributed by atoms with E-state index in [1.54, 1.807) is 0 Å². The summed E-state index contributed by atoms with van der Waals surface area (Å²) in [6.45, 7) is 5.77. The van der Waals surface area contributed by atoms with E-state index in [9.17, 15) is 18.4 Å². The fraction of sp³-hybridized carbons (Fsp3) is 0.429. The Morgan fingerprint density at radius 2 is 1.85 bits per heavy atom. The SMILES string of the molecule is CCC(C)(C)CC(=O)Sc1cc(C(=O)O)c(F)cc1F. The molecule has 1 rings (SSSR count). The molecule has 0 atom stereocenters. The van der Waals surface area contributed by atoms with Crippen LogP contribution in [0.4, 0.5) is 8.78 Å². The third-order valence-corrected chi connectivity index (χ3v) is 3.96. The van der Waals surface area contributed by atoms with Crippen LogP contribution in [-0.4, -0.2) is 16.2 Å². The van der Waals surface area contributed by atoms with E-state index in [4.69, 9.17) is 5.11 Å². The molecule has 3 nitrogen and oxygen atoms in total. The number of thioether (sulfide) groups is 1. The Balaban J connectivity index is 2.95. The summed E-state index contributed by atoms with van der Waals surface area (Å²) in [4.78, 5) is 22.5. The van der Waals surface area contributed by atoms with Gasteiger partial charge in [-0.25, -0.2) is 13.6 Å². The molecule has 1 aromatic rings. The first-order chi connectivity index (χ1) is 9.16. The summed E-state index contributed by atoms with van der Waals surface area (Å²) in [6.07, 6.45) is 1.01. The van der Waals surface area contributed by atoms with Crippen LogP contribution in [0, 0.1) is 17.0 Å². The van der Waals surface area contributed by atoms with E-state index in [2.05, 4.69) is 0 Å². The minimum absolute atomic E-state index is 0.166. The van der Waals surface area contributed by atoms with Gasteiger partial charge in [-0.1, -0.05) is 27.2 Å². The fourth-order valence-corrected chi connectivity index (χ4v) is 2.49. The molecule has 0 aliphatic heterocycles. The third kappa shape index (κ3) is 4.30. The van der Waals surface area contributed by atoms with Gasteiger partial charge < -0.3 is 5.11 Å². The maximum Gasteiger partial charge on any atom is 0.338 e. The van der Waals surface area contributed by atoms with Crippen LogP contribution in [0.1, 0.15) is 44.0 Å². The van der Waals surface area contributed by atoms with Crippen molar-refractivity contribution in [2.45, 2.75) is 38.5 Å². The molecule has 110 valence electrons. The highest BCUT2D eigenvalue weighted by molar-refractivity contribution is 8.13. The summed E-state index contributed by atoms with van der Waals surface area (Å²) in [5, 5.41) is 8.50. The van der Waals surface area contributed by atoms with Crippen LogP contribution in [0.5, 0.6) is 0 Å². The van der Waals surface area contributed by atoms with Gasteiger partial charge in [0.05, 0.1) is 10.5 Å². The molecule has 0 spiro atoms. The molecular weight excluding hydrogens is 286 g/mol. The number of hydrogen-bond donors (Lipinski definition) is 1. The van der Waals surface area contributed by atoms with Gasteiger partial charge >= 0.3 is 5.97 Å². The van der Waals surface area contributed by atoms with Crippen LogP contribution in [0.15, 0.2) is 17.0 Å². The number of halogens is 2. The highest BCUT2D eigenvalue weighted by Gasteiger charge is 2.23. The van der Waals surface area contributed by atoms with Gasteiger partial charge in [-0.3, -0.25) is 4.79 Å². The number of hydrogen-bond acceptors (Lipinski definition) is 3. The molecule has 0 aromatic heterocycles. The van der Waals surface area contributed by atoms with Crippen molar-refractivity contribution in [1.29, 1.82) is 0 Å². The Morgan fingerprint density at radius 1 is 1.25 bits per heavy atom. The van der Waals surface area contributed by atoms with Crippen LogP contribution < -0.4 is 0 Å². The van der Waals surface area contributed by atoms with Gasteiger partial charge in [-0.05, 0) is 23.2 Å². The average Bonchev–Trinajstić information content (AvgIpc) is 2.31. The van der Waals surface area contributed by atoms with Gasteiger partial charge in [-0.15, -0.1) is 0 Å². The lowest BCUT2D eigenvalue weighted by Crippen LogP contribution is -2.14. The van der Waals surface area contributed by atoms with Gasteiger partial charge in [0.1, 0.15) is 11.6 Å². The fourth-order valence-electron chi connectivity index (χ4n) is 1.45. The Hall–Kier alpha value is -1.43. The molecule has 0 radical (unpaired) electrons. The lowest BCUT2D eigenvalue weighted by atomic mass is 9.87. The summed E-state index contributed by atoms with van der Waals surface area (Å²) < 4.78 is 26.8. The summed E-state index contributed by atoms with van der Waals surface area (Å²) in [5.41, 5.74) is -0.854. The van der Waals surface area contributed by atoms with Gasteiger partial charge in [0.2, 0.25) is 0 Å². The molecule has 0 saturated carbocycles. The molecule has 0 amide bonds. The second kappa shape index (κ2) is 6.35. The molecule has 1 aromatic carbocycles. The van der Waals surface area contributed by atoms with Crippen molar-refractivity contribution in [3.63, 3.8) is 0 Å². The van der Waals surface area contributed by atoms with Crippen molar-refractivity contribution in [2.24, 2.45) is 5.41 Å². The Bertz CT molecular complexity index is 541. The van der Waals surface area contributed by atoms with Crippen molar-refractivity contribution < 1.29 is 23.5 Å². The number of carboxylic acid groups (broad SMARTS) is 1. The minimum Gasteiger partial charge on any atom is -0.478 e. The topological polar surface area (TPSA) is 54.4 Å². The molecule has 6 heteroatoms. The van der Waals surface area contributed by atoms with E-state index in [0.717, 1.165) is 12.5 Å². The first-order valence-corrected chi connectivity index (χ1v) is 6.91. The van der Waals surface area contributed by atoms with Gasteiger partial charge in [-0.2, -0.15) is 0 Å². The molecule has 0 heterocycles. The van der Waals surface area contributed by atoms with E-state index in [1.165, 1.54) is 0 Å². The zero-order chi connectivity index (χ0) is 15.5. The molecule has 0 aliphatic rings. The van der Waals surface area contributed by atoms with Crippen LogP contribution in [0.2, 0.25) is 0 Å². The van der Waals surface area contributed by atoms with E-state index in [1.807, 2.05) is 20.8 Å². The predicted molar refractivity (Wildman–Crippen MR) is 72.9 cm³/mol. The van der Waals surface area contributed by atoms with E-state index < -0.39 is 23.2 Å². The zero-order valence-corrected chi connectivity index (χ0v) is 12.3. The first kappa shape index (κ1) is 16.6. The standard InChI is InChI=1S/C14H16F2O3S/c1-4-14(2,3)7-12(17)20-11-5-8(13(18)19)9(15)6-10(11)16/h5-6H,4,7H2,1-3H3,(H,18,19). The summed E-state index contributed by atoms with van der Waals surface area (Å²) in [6, 6.07) is 1.35. The maximum absolute atomic E-state index is 13.6.